The number of aryl methyl sites for hydroxylation is 1. The number of hydrogen-bond acceptors (Lipinski definition) is 4. The standard InChI is InChI=1S/C13H12Cl2N4O/c1-7-4-10(15)11(5-9(7)14)18-13(20)8-2-3-17-6-12(8)19-16/h2-6,19H,16H2,1H3,(H,18,20). The van der Waals surface area contributed by atoms with Gasteiger partial charge in [-0.05, 0) is 30.7 Å². The maximum Gasteiger partial charge on any atom is 0.257 e. The molecule has 1 heterocycles. The second-order valence-corrected chi connectivity index (χ2v) is 4.92. The van der Waals surface area contributed by atoms with E-state index in [0.717, 1.165) is 5.56 Å². The molecular formula is C13H12Cl2N4O. The molecule has 20 heavy (non-hydrogen) atoms. The summed E-state index contributed by atoms with van der Waals surface area (Å²) in [6.45, 7) is 1.83. The average molecular weight is 311 g/mol. The number of aromatic nitrogens is 1. The number of nitrogens with zero attached hydrogens (tertiary/aromatic N) is 1. The van der Waals surface area contributed by atoms with Crippen LogP contribution in [-0.2, 0) is 0 Å². The molecule has 0 aliphatic rings. The van der Waals surface area contributed by atoms with E-state index in [-0.39, 0.29) is 5.91 Å². The third kappa shape index (κ3) is 3.01. The fraction of sp³-hybridized carbons (Fsp3) is 0.0769. The Morgan fingerprint density at radius 1 is 1.25 bits per heavy atom. The predicted octanol–water partition coefficient (Wildman–Crippen LogP) is 3.23. The highest BCUT2D eigenvalue weighted by molar-refractivity contribution is 6.36. The summed E-state index contributed by atoms with van der Waals surface area (Å²) in [4.78, 5) is 16.1. The Kier molecular flexibility index (Phi) is 4.44. The van der Waals surface area contributed by atoms with Gasteiger partial charge in [-0.3, -0.25) is 15.6 Å². The molecule has 0 spiro atoms. The van der Waals surface area contributed by atoms with Crippen LogP contribution in [0, 0.1) is 6.92 Å². The smallest absolute Gasteiger partial charge is 0.257 e. The zero-order chi connectivity index (χ0) is 14.7. The molecule has 0 unspecified atom stereocenters. The van der Waals surface area contributed by atoms with E-state index < -0.39 is 0 Å². The summed E-state index contributed by atoms with van der Waals surface area (Å²) in [5.41, 5.74) is 4.46. The fourth-order valence-electron chi connectivity index (χ4n) is 1.64. The minimum atomic E-state index is -0.359. The highest BCUT2D eigenvalue weighted by Crippen LogP contribution is 2.29. The third-order valence-corrected chi connectivity index (χ3v) is 3.44. The van der Waals surface area contributed by atoms with Gasteiger partial charge in [0.1, 0.15) is 0 Å². The van der Waals surface area contributed by atoms with Gasteiger partial charge in [0.15, 0.2) is 0 Å². The highest BCUT2D eigenvalue weighted by Gasteiger charge is 2.13. The van der Waals surface area contributed by atoms with E-state index >= 15 is 0 Å². The number of rotatable bonds is 3. The molecule has 0 aliphatic carbocycles. The lowest BCUT2D eigenvalue weighted by atomic mass is 10.2. The maximum atomic E-state index is 12.2. The number of anilines is 2. The van der Waals surface area contributed by atoms with E-state index in [2.05, 4.69) is 15.7 Å². The van der Waals surface area contributed by atoms with Crippen LogP contribution < -0.4 is 16.6 Å². The van der Waals surface area contributed by atoms with Gasteiger partial charge >= 0.3 is 0 Å². The molecule has 0 saturated heterocycles. The molecule has 1 amide bonds. The minimum absolute atomic E-state index is 0.357. The first-order valence-corrected chi connectivity index (χ1v) is 6.46. The molecule has 0 atom stereocenters. The number of nitrogen functional groups attached to an aromatic ring is 1. The molecule has 0 saturated carbocycles. The van der Waals surface area contributed by atoms with Crippen molar-refractivity contribution >= 4 is 40.5 Å². The van der Waals surface area contributed by atoms with Crippen molar-refractivity contribution in [3.05, 3.63) is 51.8 Å². The van der Waals surface area contributed by atoms with Crippen LogP contribution in [0.1, 0.15) is 15.9 Å². The van der Waals surface area contributed by atoms with Crippen molar-refractivity contribution in [3.8, 4) is 0 Å². The quantitative estimate of drug-likeness (QED) is 0.600. The first kappa shape index (κ1) is 14.6. The molecule has 2 aromatic rings. The van der Waals surface area contributed by atoms with E-state index in [1.807, 2.05) is 6.92 Å². The second-order valence-electron chi connectivity index (χ2n) is 4.10. The van der Waals surface area contributed by atoms with Crippen LogP contribution in [-0.4, -0.2) is 10.9 Å². The Bertz CT molecular complexity index is 661. The third-order valence-electron chi connectivity index (χ3n) is 2.72. The van der Waals surface area contributed by atoms with Gasteiger partial charge in [0.05, 0.1) is 28.2 Å². The average Bonchev–Trinajstić information content (AvgIpc) is 2.44. The Hall–Kier alpha value is -1.82. The van der Waals surface area contributed by atoms with E-state index in [1.165, 1.54) is 12.4 Å². The molecule has 2 rings (SSSR count). The Morgan fingerprint density at radius 2 is 2.00 bits per heavy atom. The van der Waals surface area contributed by atoms with Gasteiger partial charge < -0.3 is 10.7 Å². The van der Waals surface area contributed by atoms with Crippen molar-refractivity contribution in [1.29, 1.82) is 0 Å². The normalized spacial score (nSPS) is 10.2. The molecule has 0 radical (unpaired) electrons. The van der Waals surface area contributed by atoms with Gasteiger partial charge in [-0.15, -0.1) is 0 Å². The summed E-state index contributed by atoms with van der Waals surface area (Å²) in [6, 6.07) is 4.84. The number of pyridine rings is 1. The number of carbonyl (C=O) groups excluding carboxylic acids is 1. The minimum Gasteiger partial charge on any atom is -0.322 e. The molecule has 1 aromatic carbocycles. The zero-order valence-corrected chi connectivity index (χ0v) is 12.1. The lowest BCUT2D eigenvalue weighted by Gasteiger charge is -2.11. The number of carbonyl (C=O) groups is 1. The number of nitrogens with one attached hydrogen (secondary N) is 2. The van der Waals surface area contributed by atoms with Gasteiger partial charge in [0.25, 0.3) is 5.91 Å². The summed E-state index contributed by atoms with van der Waals surface area (Å²) in [5, 5.41) is 3.63. The van der Waals surface area contributed by atoms with E-state index in [4.69, 9.17) is 29.0 Å². The van der Waals surface area contributed by atoms with E-state index in [0.29, 0.717) is 27.0 Å². The Morgan fingerprint density at radius 3 is 2.70 bits per heavy atom. The van der Waals surface area contributed by atoms with E-state index in [1.54, 1.807) is 18.2 Å². The number of halogens is 2. The van der Waals surface area contributed by atoms with Crippen LogP contribution in [0.15, 0.2) is 30.6 Å². The lowest BCUT2D eigenvalue weighted by molar-refractivity contribution is 0.102. The molecule has 4 N–H and O–H groups in total. The Balaban J connectivity index is 2.30. The van der Waals surface area contributed by atoms with Crippen molar-refractivity contribution < 1.29 is 4.79 Å². The van der Waals surface area contributed by atoms with Crippen molar-refractivity contribution in [3.63, 3.8) is 0 Å². The summed E-state index contributed by atoms with van der Waals surface area (Å²) >= 11 is 12.1. The lowest BCUT2D eigenvalue weighted by Crippen LogP contribution is -2.17. The number of amides is 1. The monoisotopic (exact) mass is 310 g/mol. The molecule has 5 nitrogen and oxygen atoms in total. The SMILES string of the molecule is Cc1cc(Cl)c(NC(=O)c2ccncc2NN)cc1Cl. The van der Waals surface area contributed by atoms with Gasteiger partial charge in [0.2, 0.25) is 0 Å². The summed E-state index contributed by atoms with van der Waals surface area (Å²) in [5.74, 6) is 4.98. The fourth-order valence-corrected chi connectivity index (χ4v) is 2.07. The number of hydrogen-bond donors (Lipinski definition) is 3. The van der Waals surface area contributed by atoms with Crippen LogP contribution in [0.5, 0.6) is 0 Å². The van der Waals surface area contributed by atoms with Gasteiger partial charge in [-0.25, -0.2) is 0 Å². The van der Waals surface area contributed by atoms with Crippen molar-refractivity contribution in [1.82, 2.24) is 4.98 Å². The van der Waals surface area contributed by atoms with E-state index in [9.17, 15) is 4.79 Å². The van der Waals surface area contributed by atoms with Gasteiger partial charge in [-0.2, -0.15) is 0 Å². The molecular weight excluding hydrogens is 299 g/mol. The number of nitrogens with two attached hydrogens (primary N) is 1. The van der Waals surface area contributed by atoms with Gasteiger partial charge in [0, 0.05) is 11.2 Å². The Labute approximate surface area is 126 Å². The first-order chi connectivity index (χ1) is 9.52. The summed E-state index contributed by atoms with van der Waals surface area (Å²) < 4.78 is 0. The summed E-state index contributed by atoms with van der Waals surface area (Å²) in [6.07, 6.45) is 2.96. The van der Waals surface area contributed by atoms with Crippen LogP contribution in [0.3, 0.4) is 0 Å². The molecule has 0 fully saturated rings. The second kappa shape index (κ2) is 6.09. The van der Waals surface area contributed by atoms with Crippen LogP contribution in [0.4, 0.5) is 11.4 Å². The van der Waals surface area contributed by atoms with Gasteiger partial charge in [-0.1, -0.05) is 23.2 Å². The largest absolute Gasteiger partial charge is 0.322 e. The van der Waals surface area contributed by atoms with Crippen LogP contribution in [0.25, 0.3) is 0 Å². The maximum absolute atomic E-state index is 12.2. The topological polar surface area (TPSA) is 80.0 Å². The number of benzene rings is 1. The zero-order valence-electron chi connectivity index (χ0n) is 10.6. The van der Waals surface area contributed by atoms with Crippen LogP contribution >= 0.6 is 23.2 Å². The highest BCUT2D eigenvalue weighted by atomic mass is 35.5. The van der Waals surface area contributed by atoms with Crippen molar-refractivity contribution in [2.24, 2.45) is 5.84 Å². The molecule has 7 heteroatoms. The molecule has 1 aromatic heterocycles. The predicted molar refractivity (Wildman–Crippen MR) is 81.2 cm³/mol. The summed E-state index contributed by atoms with van der Waals surface area (Å²) in [7, 11) is 0. The van der Waals surface area contributed by atoms with Crippen LogP contribution in [0.2, 0.25) is 10.0 Å². The number of hydrazine groups is 1. The molecule has 104 valence electrons. The molecule has 0 bridgehead atoms. The molecule has 0 aliphatic heterocycles. The van der Waals surface area contributed by atoms with Crippen molar-refractivity contribution in [2.45, 2.75) is 6.92 Å². The first-order valence-electron chi connectivity index (χ1n) is 5.70. The van der Waals surface area contributed by atoms with Crippen molar-refractivity contribution in [2.75, 3.05) is 10.7 Å².